The number of esters is 1. The molecule has 1 unspecified atom stereocenters. The molecule has 6 heteroatoms. The Balaban J connectivity index is 1.91. The molecule has 2 amide bonds. The highest BCUT2D eigenvalue weighted by atomic mass is 16.5. The van der Waals surface area contributed by atoms with Gasteiger partial charge >= 0.3 is 5.97 Å². The van der Waals surface area contributed by atoms with Crippen molar-refractivity contribution >= 4 is 17.8 Å². The second kappa shape index (κ2) is 9.64. The molecule has 0 saturated heterocycles. The molecule has 0 aromatic heterocycles. The minimum absolute atomic E-state index is 0.0435. The number of hydrogen-bond donors (Lipinski definition) is 2. The molecule has 0 heterocycles. The Kier molecular flexibility index (Phi) is 7.53. The van der Waals surface area contributed by atoms with Crippen molar-refractivity contribution in [3.8, 4) is 0 Å². The number of primary amides is 1. The molecule has 2 saturated carbocycles. The van der Waals surface area contributed by atoms with Crippen LogP contribution in [0.4, 0.5) is 0 Å². The molecule has 2 rings (SSSR count). The summed E-state index contributed by atoms with van der Waals surface area (Å²) in [6.45, 7) is -0.220. The van der Waals surface area contributed by atoms with Crippen LogP contribution in [0.3, 0.4) is 0 Å². The average Bonchev–Trinajstić information content (AvgIpc) is 2.59. The molecular formula is C18H30N2O4. The van der Waals surface area contributed by atoms with Crippen LogP contribution in [0.5, 0.6) is 0 Å². The number of carbonyl (C=O) groups is 3. The van der Waals surface area contributed by atoms with Crippen LogP contribution < -0.4 is 11.1 Å². The Morgan fingerprint density at radius 2 is 1.54 bits per heavy atom. The maximum atomic E-state index is 12.4. The Labute approximate surface area is 143 Å². The van der Waals surface area contributed by atoms with Gasteiger partial charge in [0.25, 0.3) is 5.91 Å². The van der Waals surface area contributed by atoms with Crippen LogP contribution in [0.25, 0.3) is 0 Å². The van der Waals surface area contributed by atoms with Gasteiger partial charge in [-0.3, -0.25) is 14.4 Å². The Morgan fingerprint density at radius 1 is 0.958 bits per heavy atom. The molecule has 0 bridgehead atoms. The molecule has 6 nitrogen and oxygen atoms in total. The summed E-state index contributed by atoms with van der Waals surface area (Å²) in [5.41, 5.74) is 5.08. The highest BCUT2D eigenvalue weighted by Crippen LogP contribution is 2.30. The van der Waals surface area contributed by atoms with E-state index < -0.39 is 17.9 Å². The number of amides is 2. The van der Waals surface area contributed by atoms with E-state index in [-0.39, 0.29) is 18.4 Å². The summed E-state index contributed by atoms with van der Waals surface area (Å²) in [4.78, 5) is 35.6. The smallest absolute Gasteiger partial charge is 0.306 e. The lowest BCUT2D eigenvalue weighted by Gasteiger charge is -2.29. The average molecular weight is 338 g/mol. The summed E-state index contributed by atoms with van der Waals surface area (Å²) in [7, 11) is 0. The summed E-state index contributed by atoms with van der Waals surface area (Å²) in [6.07, 6.45) is 10.3. The largest absolute Gasteiger partial charge is 0.452 e. The third kappa shape index (κ3) is 6.13. The van der Waals surface area contributed by atoms with Gasteiger partial charge in [0, 0.05) is 12.3 Å². The van der Waals surface area contributed by atoms with Crippen molar-refractivity contribution in [2.75, 3.05) is 6.54 Å². The Bertz CT molecular complexity index is 440. The topological polar surface area (TPSA) is 98.5 Å². The molecule has 0 radical (unpaired) electrons. The molecular weight excluding hydrogens is 308 g/mol. The SMILES string of the molecule is NC(=O)CNC(=O)C(OC(=O)CC1CCCCC1)C1CCCCC1. The van der Waals surface area contributed by atoms with Crippen LogP contribution in [0.2, 0.25) is 0 Å². The van der Waals surface area contributed by atoms with Gasteiger partial charge in [-0.2, -0.15) is 0 Å². The number of rotatable bonds is 7. The van der Waals surface area contributed by atoms with E-state index in [2.05, 4.69) is 5.32 Å². The Morgan fingerprint density at radius 3 is 2.12 bits per heavy atom. The van der Waals surface area contributed by atoms with Gasteiger partial charge in [-0.1, -0.05) is 38.5 Å². The van der Waals surface area contributed by atoms with Gasteiger partial charge in [0.1, 0.15) is 0 Å². The fourth-order valence-electron chi connectivity index (χ4n) is 3.89. The van der Waals surface area contributed by atoms with Gasteiger partial charge in [0.2, 0.25) is 5.91 Å². The highest BCUT2D eigenvalue weighted by Gasteiger charge is 2.33. The van der Waals surface area contributed by atoms with E-state index in [4.69, 9.17) is 10.5 Å². The third-order valence-corrected chi connectivity index (χ3v) is 5.21. The summed E-state index contributed by atoms with van der Waals surface area (Å²) < 4.78 is 5.58. The number of hydrogen-bond acceptors (Lipinski definition) is 4. The minimum Gasteiger partial charge on any atom is -0.452 e. The first kappa shape index (κ1) is 18.7. The van der Waals surface area contributed by atoms with Crippen LogP contribution in [0, 0.1) is 11.8 Å². The zero-order valence-electron chi connectivity index (χ0n) is 14.4. The first-order valence-corrected chi connectivity index (χ1v) is 9.31. The van der Waals surface area contributed by atoms with Crippen molar-refractivity contribution in [3.63, 3.8) is 0 Å². The van der Waals surface area contributed by atoms with E-state index in [9.17, 15) is 14.4 Å². The normalized spacial score (nSPS) is 21.0. The molecule has 3 N–H and O–H groups in total. The van der Waals surface area contributed by atoms with Crippen molar-refractivity contribution in [1.29, 1.82) is 0 Å². The van der Waals surface area contributed by atoms with Gasteiger partial charge in [-0.25, -0.2) is 0 Å². The monoisotopic (exact) mass is 338 g/mol. The van der Waals surface area contributed by atoms with E-state index in [1.54, 1.807) is 0 Å². The van der Waals surface area contributed by atoms with Gasteiger partial charge in [0.15, 0.2) is 6.10 Å². The van der Waals surface area contributed by atoms with E-state index in [0.29, 0.717) is 12.3 Å². The lowest BCUT2D eigenvalue weighted by molar-refractivity contribution is -0.161. The van der Waals surface area contributed by atoms with E-state index in [1.807, 2.05) is 0 Å². The van der Waals surface area contributed by atoms with Crippen molar-refractivity contribution in [2.45, 2.75) is 76.7 Å². The molecule has 2 aliphatic rings. The first-order chi connectivity index (χ1) is 11.6. The lowest BCUT2D eigenvalue weighted by Crippen LogP contribution is -2.45. The lowest BCUT2D eigenvalue weighted by atomic mass is 9.84. The zero-order valence-corrected chi connectivity index (χ0v) is 14.4. The Hall–Kier alpha value is -1.59. The molecule has 136 valence electrons. The van der Waals surface area contributed by atoms with Crippen molar-refractivity contribution in [1.82, 2.24) is 5.32 Å². The molecule has 24 heavy (non-hydrogen) atoms. The maximum absolute atomic E-state index is 12.4. The second-order valence-corrected chi connectivity index (χ2v) is 7.20. The molecule has 0 aliphatic heterocycles. The molecule has 2 aliphatic carbocycles. The predicted molar refractivity (Wildman–Crippen MR) is 89.9 cm³/mol. The maximum Gasteiger partial charge on any atom is 0.306 e. The standard InChI is InChI=1S/C18H30N2O4/c19-15(21)12-20-18(23)17(14-9-5-2-6-10-14)24-16(22)11-13-7-3-1-4-8-13/h13-14,17H,1-12H2,(H2,19,21)(H,20,23). The van der Waals surface area contributed by atoms with Gasteiger partial charge < -0.3 is 15.8 Å². The van der Waals surface area contributed by atoms with Crippen molar-refractivity contribution in [2.24, 2.45) is 17.6 Å². The summed E-state index contributed by atoms with van der Waals surface area (Å²) in [6, 6.07) is 0. The number of carbonyl (C=O) groups excluding carboxylic acids is 3. The number of nitrogens with two attached hydrogens (primary N) is 1. The van der Waals surface area contributed by atoms with Crippen LogP contribution >= 0.6 is 0 Å². The summed E-state index contributed by atoms with van der Waals surface area (Å²) in [5.74, 6) is -0.850. The predicted octanol–water partition coefficient (Wildman–Crippen LogP) is 2.05. The van der Waals surface area contributed by atoms with Crippen LogP contribution in [0.1, 0.15) is 70.6 Å². The fourth-order valence-corrected chi connectivity index (χ4v) is 3.89. The first-order valence-electron chi connectivity index (χ1n) is 9.31. The van der Waals surface area contributed by atoms with Crippen molar-refractivity contribution < 1.29 is 19.1 Å². The van der Waals surface area contributed by atoms with Crippen LogP contribution in [-0.2, 0) is 19.1 Å². The molecule has 0 spiro atoms. The minimum atomic E-state index is -0.791. The van der Waals surface area contributed by atoms with Gasteiger partial charge in [-0.05, 0) is 31.6 Å². The highest BCUT2D eigenvalue weighted by molar-refractivity contribution is 5.88. The quantitative estimate of drug-likeness (QED) is 0.694. The van der Waals surface area contributed by atoms with E-state index >= 15 is 0 Å². The van der Waals surface area contributed by atoms with Gasteiger partial charge in [-0.15, -0.1) is 0 Å². The zero-order chi connectivity index (χ0) is 17.4. The molecule has 0 aromatic rings. The van der Waals surface area contributed by atoms with E-state index in [0.717, 1.165) is 44.9 Å². The van der Waals surface area contributed by atoms with Gasteiger partial charge in [0.05, 0.1) is 6.54 Å². The summed E-state index contributed by atoms with van der Waals surface area (Å²) >= 11 is 0. The second-order valence-electron chi connectivity index (χ2n) is 7.20. The summed E-state index contributed by atoms with van der Waals surface area (Å²) in [5, 5.41) is 2.50. The van der Waals surface area contributed by atoms with E-state index in [1.165, 1.54) is 19.3 Å². The molecule has 0 aromatic carbocycles. The van der Waals surface area contributed by atoms with Crippen LogP contribution in [0.15, 0.2) is 0 Å². The fraction of sp³-hybridized carbons (Fsp3) is 0.833. The van der Waals surface area contributed by atoms with Crippen molar-refractivity contribution in [3.05, 3.63) is 0 Å². The number of ether oxygens (including phenoxy) is 1. The number of nitrogens with one attached hydrogen (secondary N) is 1. The molecule has 1 atom stereocenters. The third-order valence-electron chi connectivity index (χ3n) is 5.21. The van der Waals surface area contributed by atoms with Crippen LogP contribution in [-0.4, -0.2) is 30.4 Å². The molecule has 2 fully saturated rings.